The third-order valence-electron chi connectivity index (χ3n) is 3.14. The van der Waals surface area contributed by atoms with Crippen molar-refractivity contribution in [2.45, 2.75) is 11.8 Å². The largest absolute Gasteiger partial charge is 0.369 e. The van der Waals surface area contributed by atoms with Gasteiger partial charge in [0.25, 0.3) is 0 Å². The molecule has 2 N–H and O–H groups in total. The number of hydrogen-bond donors (Lipinski definition) is 1. The van der Waals surface area contributed by atoms with Gasteiger partial charge >= 0.3 is 0 Å². The third kappa shape index (κ3) is 1.79. The van der Waals surface area contributed by atoms with E-state index in [9.17, 15) is 0 Å². The van der Waals surface area contributed by atoms with Crippen LogP contribution in [0.4, 0.5) is 5.95 Å². The van der Waals surface area contributed by atoms with Crippen LogP contribution in [-0.2, 0) is 7.05 Å². The molecular formula is C13H15N5S. The van der Waals surface area contributed by atoms with Crippen LogP contribution in [0, 0.1) is 6.92 Å². The van der Waals surface area contributed by atoms with Crippen LogP contribution in [0.15, 0.2) is 29.2 Å². The maximum Gasteiger partial charge on any atom is 0.207 e. The molecule has 2 aromatic heterocycles. The second-order valence-electron chi connectivity index (χ2n) is 4.39. The quantitative estimate of drug-likeness (QED) is 0.728. The minimum Gasteiger partial charge on any atom is -0.369 e. The van der Waals surface area contributed by atoms with Crippen LogP contribution in [0.25, 0.3) is 16.9 Å². The van der Waals surface area contributed by atoms with Crippen LogP contribution >= 0.6 is 11.8 Å². The molecule has 3 aromatic rings. The fraction of sp³-hybridized carbons (Fsp3) is 0.231. The number of thioether (sulfide) groups is 1. The van der Waals surface area contributed by atoms with Gasteiger partial charge in [0.05, 0.1) is 11.4 Å². The number of hydrogen-bond acceptors (Lipinski definition) is 4. The molecule has 6 heteroatoms. The minimum absolute atomic E-state index is 0.490. The van der Waals surface area contributed by atoms with Gasteiger partial charge in [0, 0.05) is 11.9 Å². The van der Waals surface area contributed by atoms with E-state index in [1.54, 1.807) is 11.8 Å². The predicted molar refractivity (Wildman–Crippen MR) is 78.8 cm³/mol. The topological polar surface area (TPSA) is 61.7 Å². The molecule has 2 heterocycles. The molecule has 0 amide bonds. The number of nitrogen functional groups attached to an aromatic ring is 1. The summed E-state index contributed by atoms with van der Waals surface area (Å²) in [7, 11) is 1.91. The van der Waals surface area contributed by atoms with E-state index < -0.39 is 0 Å². The molecule has 0 spiro atoms. The second-order valence-corrected chi connectivity index (χ2v) is 5.27. The fourth-order valence-electron chi connectivity index (χ4n) is 2.29. The maximum atomic E-state index is 6.06. The van der Waals surface area contributed by atoms with Crippen LogP contribution in [-0.4, -0.2) is 25.6 Å². The Balaban J connectivity index is 2.32. The number of imidazole rings is 1. The van der Waals surface area contributed by atoms with Gasteiger partial charge in [-0.2, -0.15) is 5.10 Å². The molecule has 0 aliphatic rings. The molecule has 19 heavy (non-hydrogen) atoms. The summed E-state index contributed by atoms with van der Waals surface area (Å²) in [6.45, 7) is 1.94. The molecule has 0 saturated carbocycles. The summed E-state index contributed by atoms with van der Waals surface area (Å²) >= 11 is 1.70. The van der Waals surface area contributed by atoms with Crippen molar-refractivity contribution in [1.29, 1.82) is 0 Å². The number of aryl methyl sites for hydroxylation is 2. The number of nitrogens with two attached hydrogens (primary N) is 1. The molecule has 0 aliphatic heterocycles. The Morgan fingerprint density at radius 3 is 2.84 bits per heavy atom. The Morgan fingerprint density at radius 2 is 2.11 bits per heavy atom. The molecule has 5 nitrogen and oxygen atoms in total. The van der Waals surface area contributed by atoms with Gasteiger partial charge in [-0.25, -0.2) is 9.67 Å². The maximum absolute atomic E-state index is 6.06. The summed E-state index contributed by atoms with van der Waals surface area (Å²) in [5.74, 6) is 0.490. The van der Waals surface area contributed by atoms with Crippen molar-refractivity contribution in [1.82, 2.24) is 19.3 Å². The zero-order valence-electron chi connectivity index (χ0n) is 11.1. The van der Waals surface area contributed by atoms with Gasteiger partial charge < -0.3 is 5.73 Å². The number of nitrogens with zero attached hydrogens (tertiary/aromatic N) is 4. The molecule has 0 unspecified atom stereocenters. The Morgan fingerprint density at radius 1 is 1.32 bits per heavy atom. The summed E-state index contributed by atoms with van der Waals surface area (Å²) < 4.78 is 3.76. The van der Waals surface area contributed by atoms with Gasteiger partial charge in [-0.3, -0.25) is 4.57 Å². The van der Waals surface area contributed by atoms with E-state index in [2.05, 4.69) is 28.5 Å². The zero-order chi connectivity index (χ0) is 13.6. The van der Waals surface area contributed by atoms with Crippen molar-refractivity contribution in [2.24, 2.45) is 7.05 Å². The Kier molecular flexibility index (Phi) is 2.74. The molecule has 3 rings (SSSR count). The van der Waals surface area contributed by atoms with Crippen LogP contribution in [0.2, 0.25) is 0 Å². The van der Waals surface area contributed by atoms with E-state index >= 15 is 0 Å². The van der Waals surface area contributed by atoms with Crippen molar-refractivity contribution < 1.29 is 0 Å². The van der Waals surface area contributed by atoms with Gasteiger partial charge in [-0.05, 0) is 31.4 Å². The molecule has 0 aliphatic carbocycles. The SMILES string of the molecule is CSc1cccc(-n2c(N)nc3c(C)nn(C)c32)c1. The van der Waals surface area contributed by atoms with Crippen molar-refractivity contribution in [2.75, 3.05) is 12.0 Å². The summed E-state index contributed by atoms with van der Waals surface area (Å²) in [4.78, 5) is 5.61. The highest BCUT2D eigenvalue weighted by atomic mass is 32.2. The summed E-state index contributed by atoms with van der Waals surface area (Å²) in [6, 6.07) is 8.23. The Bertz CT molecular complexity index is 756. The van der Waals surface area contributed by atoms with Crippen molar-refractivity contribution in [3.63, 3.8) is 0 Å². The molecule has 0 radical (unpaired) electrons. The summed E-state index contributed by atoms with van der Waals surface area (Å²) in [5, 5.41) is 4.39. The van der Waals surface area contributed by atoms with Crippen LogP contribution in [0.1, 0.15) is 5.69 Å². The lowest BCUT2D eigenvalue weighted by atomic mass is 10.3. The highest BCUT2D eigenvalue weighted by Crippen LogP contribution is 2.26. The number of benzene rings is 1. The standard InChI is InChI=1S/C13H15N5S/c1-8-11-12(17(2)16-8)18(13(14)15-11)9-5-4-6-10(7-9)19-3/h4-7H,1-3H3,(H2,14,15). The van der Waals surface area contributed by atoms with Gasteiger partial charge in [0.1, 0.15) is 5.52 Å². The third-order valence-corrected chi connectivity index (χ3v) is 3.87. The minimum atomic E-state index is 0.490. The molecule has 0 atom stereocenters. The van der Waals surface area contributed by atoms with Crippen LogP contribution in [0.5, 0.6) is 0 Å². The Labute approximate surface area is 115 Å². The number of rotatable bonds is 2. The van der Waals surface area contributed by atoms with Gasteiger partial charge in [-0.1, -0.05) is 6.07 Å². The highest BCUT2D eigenvalue weighted by molar-refractivity contribution is 7.98. The lowest BCUT2D eigenvalue weighted by Crippen LogP contribution is -2.04. The summed E-state index contributed by atoms with van der Waals surface area (Å²) in [6.07, 6.45) is 2.06. The van der Waals surface area contributed by atoms with E-state index in [1.807, 2.05) is 35.4 Å². The van der Waals surface area contributed by atoms with Gasteiger partial charge in [0.2, 0.25) is 5.95 Å². The van der Waals surface area contributed by atoms with Crippen molar-refractivity contribution in [3.8, 4) is 5.69 Å². The lowest BCUT2D eigenvalue weighted by Gasteiger charge is -2.08. The number of aromatic nitrogens is 4. The van der Waals surface area contributed by atoms with Crippen molar-refractivity contribution >= 4 is 28.9 Å². The average molecular weight is 273 g/mol. The highest BCUT2D eigenvalue weighted by Gasteiger charge is 2.16. The lowest BCUT2D eigenvalue weighted by molar-refractivity contribution is 0.762. The number of fused-ring (bicyclic) bond motifs is 1. The van der Waals surface area contributed by atoms with Crippen molar-refractivity contribution in [3.05, 3.63) is 30.0 Å². The van der Waals surface area contributed by atoms with Gasteiger partial charge in [0.15, 0.2) is 5.65 Å². The molecule has 0 fully saturated rings. The Hall–Kier alpha value is -1.95. The van der Waals surface area contributed by atoms with E-state index in [0.717, 1.165) is 22.5 Å². The van der Waals surface area contributed by atoms with E-state index in [-0.39, 0.29) is 0 Å². The average Bonchev–Trinajstić information content (AvgIpc) is 2.88. The first kappa shape index (κ1) is 12.1. The van der Waals surface area contributed by atoms with E-state index in [4.69, 9.17) is 5.73 Å². The first-order valence-electron chi connectivity index (χ1n) is 5.93. The molecule has 1 aromatic carbocycles. The molecule has 0 bridgehead atoms. The van der Waals surface area contributed by atoms with Gasteiger partial charge in [-0.15, -0.1) is 11.8 Å². The monoisotopic (exact) mass is 273 g/mol. The summed E-state index contributed by atoms with van der Waals surface area (Å²) in [5.41, 5.74) is 9.75. The van der Waals surface area contributed by atoms with Crippen LogP contribution < -0.4 is 5.73 Å². The fourth-order valence-corrected chi connectivity index (χ4v) is 2.75. The smallest absolute Gasteiger partial charge is 0.207 e. The first-order valence-corrected chi connectivity index (χ1v) is 7.16. The second kappa shape index (κ2) is 4.31. The van der Waals surface area contributed by atoms with E-state index in [1.165, 1.54) is 4.90 Å². The predicted octanol–water partition coefficient (Wildman–Crippen LogP) is 2.37. The molecule has 0 saturated heterocycles. The zero-order valence-corrected chi connectivity index (χ0v) is 11.9. The van der Waals surface area contributed by atoms with E-state index in [0.29, 0.717) is 5.95 Å². The first-order chi connectivity index (χ1) is 9.11. The normalized spacial score (nSPS) is 11.3. The van der Waals surface area contributed by atoms with Crippen LogP contribution in [0.3, 0.4) is 0 Å². The number of anilines is 1. The molecular weight excluding hydrogens is 258 g/mol. The molecule has 98 valence electrons.